The lowest BCUT2D eigenvalue weighted by Crippen LogP contribution is -2.60. The number of aldehydes is 1. The fourth-order valence-electron chi connectivity index (χ4n) is 7.45. The van der Waals surface area contributed by atoms with E-state index < -0.39 is 135 Å². The van der Waals surface area contributed by atoms with Crippen LogP contribution in [0.5, 0.6) is 0 Å². The maximum absolute atomic E-state index is 13.8. The Balaban J connectivity index is 1.34. The van der Waals surface area contributed by atoms with Crippen LogP contribution in [0.25, 0.3) is 0 Å². The number of fused-ring (bicyclic) bond motifs is 1. The monoisotopic (exact) mass is 746 g/mol. The van der Waals surface area contributed by atoms with Crippen LogP contribution < -0.4 is 0 Å². The molecule has 0 spiro atoms. The van der Waals surface area contributed by atoms with Gasteiger partial charge >= 0.3 is 11.9 Å². The SMILES string of the molecule is C=C[C@H]1[C@@H](O[C@@H]2O[C@H](CO)[C@@H](O)[C@H](O)[C@H]2O)OC=C(C(=O)O[C@H]2C[C@@H]3C(C(=O)OC)=CO[C@@H](O[C@@H]4O[C@H](CO)[C@@H](O)[C@H](O)[C@H]4O)[C@@H]3[C@H]2C)[C@H]1CC=O. The predicted octanol–water partition coefficient (Wildman–Crippen LogP) is -3.54. The van der Waals surface area contributed by atoms with Gasteiger partial charge in [-0.3, -0.25) is 0 Å². The average molecular weight is 747 g/mol. The summed E-state index contributed by atoms with van der Waals surface area (Å²) in [5.74, 6) is -5.39. The largest absolute Gasteiger partial charge is 0.472 e. The van der Waals surface area contributed by atoms with Gasteiger partial charge in [0.2, 0.25) is 12.6 Å². The topological polar surface area (TPSA) is 287 Å². The molecule has 8 N–H and O–H groups in total. The van der Waals surface area contributed by atoms with Crippen molar-refractivity contribution in [2.45, 2.75) is 99.9 Å². The van der Waals surface area contributed by atoms with Gasteiger partial charge in [-0.1, -0.05) is 13.0 Å². The van der Waals surface area contributed by atoms with Gasteiger partial charge in [0.1, 0.15) is 61.2 Å². The Morgan fingerprint density at radius 3 is 1.87 bits per heavy atom. The standard InChI is InChI=1S/C33H46O19/c1-4-13-14(5-6-34)16(10-46-30(13)51-32-26(41)24(39)22(37)19(8-35)49-32)29(44)48-18-7-15-17(28(43)45-3)11-47-31(21(15)12(18)2)52-33-27(42)25(40)23(38)20(9-36)50-33/h4,6,10-15,18-27,30-33,35-42H,1,5,7-9H2,2-3H3/t12-,13+,14-,15+,18-,19+,20+,21+,22+,23+,24-,25-,26+,27+,30+,31-,32-,33-/m0/s1. The Morgan fingerprint density at radius 1 is 0.808 bits per heavy atom. The minimum absolute atomic E-state index is 0.0678. The fourth-order valence-corrected chi connectivity index (χ4v) is 7.45. The van der Waals surface area contributed by atoms with Gasteiger partial charge in [0, 0.05) is 36.0 Å². The van der Waals surface area contributed by atoms with Crippen molar-refractivity contribution in [2.24, 2.45) is 29.6 Å². The van der Waals surface area contributed by atoms with E-state index in [1.165, 1.54) is 13.2 Å². The van der Waals surface area contributed by atoms with Gasteiger partial charge < -0.3 is 83.5 Å². The van der Waals surface area contributed by atoms with Gasteiger partial charge in [0.25, 0.3) is 0 Å². The van der Waals surface area contributed by atoms with Crippen LogP contribution >= 0.6 is 0 Å². The Hall–Kier alpha value is -3.05. The highest BCUT2D eigenvalue weighted by Gasteiger charge is 2.55. The maximum Gasteiger partial charge on any atom is 0.337 e. The van der Waals surface area contributed by atoms with E-state index in [2.05, 4.69) is 6.58 Å². The third-order valence-corrected chi connectivity index (χ3v) is 10.5. The zero-order valence-corrected chi connectivity index (χ0v) is 28.3. The molecule has 19 nitrogen and oxygen atoms in total. The number of carbonyl (C=O) groups excluding carboxylic acids is 3. The van der Waals surface area contributed by atoms with Crippen molar-refractivity contribution in [2.75, 3.05) is 20.3 Å². The zero-order chi connectivity index (χ0) is 38.0. The predicted molar refractivity (Wildman–Crippen MR) is 166 cm³/mol. The lowest BCUT2D eigenvalue weighted by Gasteiger charge is -2.43. The van der Waals surface area contributed by atoms with E-state index in [1.54, 1.807) is 6.92 Å². The molecule has 0 aromatic carbocycles. The molecule has 5 aliphatic rings. The van der Waals surface area contributed by atoms with Crippen LogP contribution in [0.3, 0.4) is 0 Å². The van der Waals surface area contributed by atoms with Crippen molar-refractivity contribution in [3.05, 3.63) is 36.3 Å². The molecule has 292 valence electrons. The Morgan fingerprint density at radius 2 is 1.35 bits per heavy atom. The van der Waals surface area contributed by atoms with Crippen molar-refractivity contribution >= 4 is 18.2 Å². The van der Waals surface area contributed by atoms with E-state index in [0.717, 1.165) is 12.5 Å². The molecule has 52 heavy (non-hydrogen) atoms. The van der Waals surface area contributed by atoms with Crippen LogP contribution in [-0.4, -0.2) is 159 Å². The molecule has 3 fully saturated rings. The van der Waals surface area contributed by atoms with Crippen molar-refractivity contribution in [3.8, 4) is 0 Å². The summed E-state index contributed by atoms with van der Waals surface area (Å²) >= 11 is 0. The first kappa shape index (κ1) is 40.1. The fraction of sp³-hybridized carbons (Fsp3) is 0.727. The molecule has 4 aliphatic heterocycles. The number of methoxy groups -OCH3 is 1. The van der Waals surface area contributed by atoms with E-state index in [9.17, 15) is 55.2 Å². The minimum atomic E-state index is -1.75. The van der Waals surface area contributed by atoms with Crippen LogP contribution in [-0.2, 0) is 52.3 Å². The molecule has 18 atom stereocenters. The van der Waals surface area contributed by atoms with Crippen LogP contribution in [0, 0.1) is 29.6 Å². The molecule has 0 radical (unpaired) electrons. The number of aliphatic hydroxyl groups excluding tert-OH is 8. The molecule has 4 heterocycles. The highest BCUT2D eigenvalue weighted by atomic mass is 16.8. The smallest absolute Gasteiger partial charge is 0.337 e. The van der Waals surface area contributed by atoms with Gasteiger partial charge in [0.05, 0.1) is 44.0 Å². The summed E-state index contributed by atoms with van der Waals surface area (Å²) in [7, 11) is 1.18. The highest BCUT2D eigenvalue weighted by Crippen LogP contribution is 2.49. The van der Waals surface area contributed by atoms with E-state index in [4.69, 9.17) is 37.9 Å². The summed E-state index contributed by atoms with van der Waals surface area (Å²) in [5.41, 5.74) is 0.0485. The molecule has 0 aromatic heterocycles. The third-order valence-electron chi connectivity index (χ3n) is 10.5. The van der Waals surface area contributed by atoms with E-state index in [0.29, 0.717) is 6.29 Å². The quantitative estimate of drug-likeness (QED) is 0.0545. The first-order chi connectivity index (χ1) is 24.8. The second-order valence-corrected chi connectivity index (χ2v) is 13.4. The number of ether oxygens (including phenoxy) is 8. The average Bonchev–Trinajstić information content (AvgIpc) is 3.47. The Labute approximate surface area is 297 Å². The van der Waals surface area contributed by atoms with Gasteiger partial charge in [-0.05, 0) is 6.42 Å². The summed E-state index contributed by atoms with van der Waals surface area (Å²) in [5, 5.41) is 80.8. The molecule has 0 unspecified atom stereocenters. The van der Waals surface area contributed by atoms with Crippen LogP contribution in [0.15, 0.2) is 36.3 Å². The van der Waals surface area contributed by atoms with Crippen LogP contribution in [0.1, 0.15) is 19.8 Å². The Kier molecular flexibility index (Phi) is 13.1. The van der Waals surface area contributed by atoms with E-state index in [1.807, 2.05) is 0 Å². The molecule has 19 heteroatoms. The summed E-state index contributed by atoms with van der Waals surface area (Å²) in [4.78, 5) is 38.3. The summed E-state index contributed by atoms with van der Waals surface area (Å²) < 4.78 is 44.9. The number of hydrogen-bond acceptors (Lipinski definition) is 19. The normalized spacial score (nSPS) is 44.6. The summed E-state index contributed by atoms with van der Waals surface area (Å²) in [6.07, 6.45) is -15.4. The molecule has 0 amide bonds. The van der Waals surface area contributed by atoms with Crippen molar-refractivity contribution < 1.29 is 93.1 Å². The molecule has 2 saturated heterocycles. The first-order valence-corrected chi connectivity index (χ1v) is 16.8. The lowest BCUT2D eigenvalue weighted by molar-refractivity contribution is -0.342. The number of esters is 2. The number of carbonyl (C=O) groups is 3. The number of aliphatic hydroxyl groups is 8. The van der Waals surface area contributed by atoms with Crippen molar-refractivity contribution in [1.82, 2.24) is 0 Å². The number of rotatable bonds is 12. The molecule has 5 rings (SSSR count). The maximum atomic E-state index is 13.8. The van der Waals surface area contributed by atoms with Crippen molar-refractivity contribution in [3.63, 3.8) is 0 Å². The second-order valence-electron chi connectivity index (χ2n) is 13.4. The summed E-state index contributed by atoms with van der Waals surface area (Å²) in [6.45, 7) is 4.09. The van der Waals surface area contributed by atoms with E-state index >= 15 is 0 Å². The van der Waals surface area contributed by atoms with Gasteiger partial charge in [-0.25, -0.2) is 9.59 Å². The minimum Gasteiger partial charge on any atom is -0.472 e. The molecule has 0 bridgehead atoms. The van der Waals surface area contributed by atoms with Crippen molar-refractivity contribution in [1.29, 1.82) is 0 Å². The number of hydrogen-bond donors (Lipinski definition) is 8. The molecule has 1 saturated carbocycles. The second kappa shape index (κ2) is 17.0. The lowest BCUT2D eigenvalue weighted by atomic mass is 9.82. The van der Waals surface area contributed by atoms with E-state index in [-0.39, 0.29) is 24.0 Å². The van der Waals surface area contributed by atoms with Gasteiger partial charge in [0.15, 0.2) is 12.6 Å². The third kappa shape index (κ3) is 7.63. The molecular formula is C33H46O19. The molecular weight excluding hydrogens is 700 g/mol. The molecule has 1 aliphatic carbocycles. The first-order valence-electron chi connectivity index (χ1n) is 16.8. The van der Waals surface area contributed by atoms with Crippen LogP contribution in [0.4, 0.5) is 0 Å². The van der Waals surface area contributed by atoms with Gasteiger partial charge in [-0.15, -0.1) is 6.58 Å². The summed E-state index contributed by atoms with van der Waals surface area (Å²) in [6, 6.07) is 0. The molecule has 0 aromatic rings. The Bertz CT molecular complexity index is 1350. The van der Waals surface area contributed by atoms with Gasteiger partial charge in [-0.2, -0.15) is 0 Å². The zero-order valence-electron chi connectivity index (χ0n) is 28.3. The highest BCUT2D eigenvalue weighted by molar-refractivity contribution is 5.90. The van der Waals surface area contributed by atoms with Crippen LogP contribution in [0.2, 0.25) is 0 Å².